The number of ether oxygens (including phenoxy) is 2. The van der Waals surface area contributed by atoms with Crippen LogP contribution in [0.1, 0.15) is 31.1 Å². The lowest BCUT2D eigenvalue weighted by Gasteiger charge is -2.19. The normalized spacial score (nSPS) is 10.8. The SMILES string of the molecule is COC(=O)c1cscc1NC(=O)OC(C)(C)C. The Kier molecular flexibility index (Phi) is 4.11. The zero-order valence-corrected chi connectivity index (χ0v) is 11.0. The van der Waals surface area contributed by atoms with Crippen molar-refractivity contribution < 1.29 is 19.1 Å². The van der Waals surface area contributed by atoms with E-state index in [1.807, 2.05) is 0 Å². The van der Waals surface area contributed by atoms with Crippen LogP contribution in [0.25, 0.3) is 0 Å². The summed E-state index contributed by atoms with van der Waals surface area (Å²) in [4.78, 5) is 22.9. The highest BCUT2D eigenvalue weighted by atomic mass is 32.1. The molecule has 0 bridgehead atoms. The Balaban J connectivity index is 2.72. The number of amides is 1. The van der Waals surface area contributed by atoms with Crippen LogP contribution in [0.15, 0.2) is 10.8 Å². The summed E-state index contributed by atoms with van der Waals surface area (Å²) in [5.74, 6) is -0.489. The van der Waals surface area contributed by atoms with Crippen LogP contribution in [0.3, 0.4) is 0 Å². The third kappa shape index (κ3) is 4.07. The molecule has 1 amide bonds. The summed E-state index contributed by atoms with van der Waals surface area (Å²) in [6.45, 7) is 5.30. The Morgan fingerprint density at radius 1 is 1.29 bits per heavy atom. The summed E-state index contributed by atoms with van der Waals surface area (Å²) in [5.41, 5.74) is 0.144. The van der Waals surface area contributed by atoms with Gasteiger partial charge in [0.15, 0.2) is 0 Å². The average molecular weight is 257 g/mol. The summed E-state index contributed by atoms with van der Waals surface area (Å²) in [5, 5.41) is 5.77. The van der Waals surface area contributed by atoms with Crippen LogP contribution >= 0.6 is 11.3 Å². The molecule has 0 aromatic carbocycles. The quantitative estimate of drug-likeness (QED) is 0.827. The number of carbonyl (C=O) groups is 2. The van der Waals surface area contributed by atoms with Crippen LogP contribution < -0.4 is 5.32 Å². The van der Waals surface area contributed by atoms with Crippen LogP contribution in [0.5, 0.6) is 0 Å². The largest absolute Gasteiger partial charge is 0.465 e. The second-order valence-electron chi connectivity index (χ2n) is 4.32. The maximum Gasteiger partial charge on any atom is 0.412 e. The molecule has 0 radical (unpaired) electrons. The van der Waals surface area contributed by atoms with Gasteiger partial charge in [0.2, 0.25) is 0 Å². The number of methoxy groups -OCH3 is 1. The van der Waals surface area contributed by atoms with Crippen molar-refractivity contribution in [1.29, 1.82) is 0 Å². The highest BCUT2D eigenvalue weighted by molar-refractivity contribution is 7.08. The van der Waals surface area contributed by atoms with Crippen LogP contribution in [0.2, 0.25) is 0 Å². The summed E-state index contributed by atoms with van der Waals surface area (Å²) >= 11 is 1.30. The summed E-state index contributed by atoms with van der Waals surface area (Å²) in [6.07, 6.45) is -0.596. The lowest BCUT2D eigenvalue weighted by molar-refractivity contribution is 0.0602. The van der Waals surface area contributed by atoms with Gasteiger partial charge in [-0.1, -0.05) is 0 Å². The summed E-state index contributed by atoms with van der Waals surface area (Å²) < 4.78 is 9.68. The molecular formula is C11H15NO4S. The summed E-state index contributed by atoms with van der Waals surface area (Å²) in [6, 6.07) is 0. The molecule has 0 aliphatic carbocycles. The number of carbonyl (C=O) groups excluding carboxylic acids is 2. The van der Waals surface area contributed by atoms with E-state index in [4.69, 9.17) is 4.74 Å². The molecule has 94 valence electrons. The molecule has 17 heavy (non-hydrogen) atoms. The number of rotatable bonds is 2. The fraction of sp³-hybridized carbons (Fsp3) is 0.455. The van der Waals surface area contributed by atoms with E-state index >= 15 is 0 Å². The zero-order chi connectivity index (χ0) is 13.1. The molecule has 1 aromatic heterocycles. The Hall–Kier alpha value is -1.56. The Morgan fingerprint density at radius 3 is 2.47 bits per heavy atom. The van der Waals surface area contributed by atoms with Crippen LogP contribution in [0.4, 0.5) is 10.5 Å². The van der Waals surface area contributed by atoms with E-state index in [2.05, 4.69) is 10.1 Å². The predicted octanol–water partition coefficient (Wildman–Crippen LogP) is 2.88. The molecule has 0 unspecified atom stereocenters. The van der Waals surface area contributed by atoms with Gasteiger partial charge in [-0.05, 0) is 20.8 Å². The number of hydrogen-bond acceptors (Lipinski definition) is 5. The molecule has 0 fully saturated rings. The third-order valence-corrected chi connectivity index (χ3v) is 2.45. The molecule has 1 heterocycles. The van der Waals surface area contributed by atoms with Gasteiger partial charge in [0.1, 0.15) is 5.60 Å². The Bertz CT molecular complexity index is 419. The lowest BCUT2D eigenvalue weighted by atomic mass is 10.2. The van der Waals surface area contributed by atoms with Crippen molar-refractivity contribution in [2.24, 2.45) is 0 Å². The molecule has 0 saturated heterocycles. The van der Waals surface area contributed by atoms with Gasteiger partial charge in [-0.25, -0.2) is 9.59 Å². The van der Waals surface area contributed by atoms with Crippen molar-refractivity contribution in [2.75, 3.05) is 12.4 Å². The summed E-state index contributed by atoms with van der Waals surface area (Å²) in [7, 11) is 1.29. The first-order chi connectivity index (χ1) is 7.83. The number of nitrogens with one attached hydrogen (secondary N) is 1. The van der Waals surface area contributed by atoms with E-state index in [0.717, 1.165) is 0 Å². The topological polar surface area (TPSA) is 64.6 Å². The first-order valence-corrected chi connectivity index (χ1v) is 5.92. The number of esters is 1. The van der Waals surface area contributed by atoms with Crippen molar-refractivity contribution in [2.45, 2.75) is 26.4 Å². The van der Waals surface area contributed by atoms with Gasteiger partial charge in [0.25, 0.3) is 0 Å². The van der Waals surface area contributed by atoms with Gasteiger partial charge in [-0.3, -0.25) is 5.32 Å². The van der Waals surface area contributed by atoms with E-state index in [1.54, 1.807) is 31.5 Å². The molecule has 1 aromatic rings. The van der Waals surface area contributed by atoms with Crippen LogP contribution in [-0.2, 0) is 9.47 Å². The first-order valence-electron chi connectivity index (χ1n) is 4.98. The number of anilines is 1. The molecule has 0 aliphatic heterocycles. The van der Waals surface area contributed by atoms with Gasteiger partial charge in [0, 0.05) is 10.8 Å². The molecule has 0 aliphatic rings. The van der Waals surface area contributed by atoms with Gasteiger partial charge in [-0.2, -0.15) is 0 Å². The molecule has 0 saturated carbocycles. The highest BCUT2D eigenvalue weighted by Gasteiger charge is 2.19. The Labute approximate surface area is 104 Å². The van der Waals surface area contributed by atoms with E-state index in [1.165, 1.54) is 18.4 Å². The molecule has 5 nitrogen and oxygen atoms in total. The predicted molar refractivity (Wildman–Crippen MR) is 65.5 cm³/mol. The zero-order valence-electron chi connectivity index (χ0n) is 10.2. The first kappa shape index (κ1) is 13.5. The minimum atomic E-state index is -0.596. The van der Waals surface area contributed by atoms with Gasteiger partial charge < -0.3 is 9.47 Å². The maximum atomic E-state index is 11.5. The van der Waals surface area contributed by atoms with Crippen molar-refractivity contribution in [3.05, 3.63) is 16.3 Å². The maximum absolute atomic E-state index is 11.5. The van der Waals surface area contributed by atoms with Crippen molar-refractivity contribution >= 4 is 29.1 Å². The minimum Gasteiger partial charge on any atom is -0.465 e. The molecule has 0 spiro atoms. The van der Waals surface area contributed by atoms with E-state index in [-0.39, 0.29) is 0 Å². The lowest BCUT2D eigenvalue weighted by Crippen LogP contribution is -2.27. The molecule has 1 rings (SSSR count). The second-order valence-corrected chi connectivity index (χ2v) is 5.06. The standard InChI is InChI=1S/C11H15NO4S/c1-11(2,3)16-10(14)12-8-6-17-5-7(8)9(13)15-4/h5-6H,1-4H3,(H,12,14). The number of thiophene rings is 1. The third-order valence-electron chi connectivity index (χ3n) is 1.70. The number of hydrogen-bond donors (Lipinski definition) is 1. The second kappa shape index (κ2) is 5.18. The van der Waals surface area contributed by atoms with E-state index in [9.17, 15) is 9.59 Å². The van der Waals surface area contributed by atoms with Crippen LogP contribution in [0, 0.1) is 0 Å². The van der Waals surface area contributed by atoms with Gasteiger partial charge in [-0.15, -0.1) is 11.3 Å². The fourth-order valence-electron chi connectivity index (χ4n) is 1.08. The molecular weight excluding hydrogens is 242 g/mol. The van der Waals surface area contributed by atoms with E-state index in [0.29, 0.717) is 11.3 Å². The van der Waals surface area contributed by atoms with E-state index < -0.39 is 17.7 Å². The monoisotopic (exact) mass is 257 g/mol. The molecule has 1 N–H and O–H groups in total. The van der Waals surface area contributed by atoms with Crippen molar-refractivity contribution in [1.82, 2.24) is 0 Å². The highest BCUT2D eigenvalue weighted by Crippen LogP contribution is 2.22. The molecule has 6 heteroatoms. The smallest absolute Gasteiger partial charge is 0.412 e. The van der Waals surface area contributed by atoms with Gasteiger partial charge >= 0.3 is 12.1 Å². The average Bonchev–Trinajstić information content (AvgIpc) is 2.61. The van der Waals surface area contributed by atoms with Crippen LogP contribution in [-0.4, -0.2) is 24.8 Å². The molecule has 0 atom stereocenters. The fourth-order valence-corrected chi connectivity index (χ4v) is 1.82. The van der Waals surface area contributed by atoms with Crippen molar-refractivity contribution in [3.8, 4) is 0 Å². The Morgan fingerprint density at radius 2 is 1.94 bits per heavy atom. The minimum absolute atomic E-state index is 0.323. The van der Waals surface area contributed by atoms with Crippen molar-refractivity contribution in [3.63, 3.8) is 0 Å². The van der Waals surface area contributed by atoms with Gasteiger partial charge in [0.05, 0.1) is 18.4 Å².